The highest BCUT2D eigenvalue weighted by molar-refractivity contribution is 6.01. The minimum absolute atomic E-state index is 0.0578. The van der Waals surface area contributed by atoms with Gasteiger partial charge in [0.15, 0.2) is 23.1 Å². The van der Waals surface area contributed by atoms with Gasteiger partial charge in [0.2, 0.25) is 5.82 Å². The van der Waals surface area contributed by atoms with E-state index in [4.69, 9.17) is 18.9 Å². The van der Waals surface area contributed by atoms with Crippen molar-refractivity contribution in [1.29, 1.82) is 0 Å². The number of carbonyl (C=O) groups is 1. The second-order valence-electron chi connectivity index (χ2n) is 10.8. The molecule has 2 aliphatic rings. The third-order valence-corrected chi connectivity index (χ3v) is 7.47. The number of hydrogen-bond donors (Lipinski definition) is 1. The fraction of sp³-hybridized carbons (Fsp3) is 0.400. The van der Waals surface area contributed by atoms with Gasteiger partial charge in [0.25, 0.3) is 5.91 Å². The largest absolute Gasteiger partial charge is 0.593 e. The number of carbonyl (C=O) groups excluding carboxylic acids is 1. The number of halogens is 4. The molecule has 0 atom stereocenters. The van der Waals surface area contributed by atoms with Gasteiger partial charge in [-0.05, 0) is 48.4 Å². The molecule has 1 N–H and O–H groups in total. The molecule has 13 nitrogen and oxygen atoms in total. The van der Waals surface area contributed by atoms with Gasteiger partial charge in [-0.15, -0.1) is 18.3 Å². The van der Waals surface area contributed by atoms with Gasteiger partial charge in [-0.3, -0.25) is 24.1 Å². The Morgan fingerprint density at radius 3 is 2.55 bits per heavy atom. The highest BCUT2D eigenvalue weighted by atomic mass is 19.4. The van der Waals surface area contributed by atoms with Crippen LogP contribution in [0.5, 0.6) is 23.0 Å². The van der Waals surface area contributed by atoms with Crippen molar-refractivity contribution in [3.05, 3.63) is 64.7 Å². The number of amides is 1. The summed E-state index contributed by atoms with van der Waals surface area (Å²) in [4.78, 5) is 35.3. The van der Waals surface area contributed by atoms with Crippen LogP contribution in [-0.2, 0) is 4.74 Å². The first kappa shape index (κ1) is 32.1. The van der Waals surface area contributed by atoms with Crippen LogP contribution < -0.4 is 30.1 Å². The molecule has 250 valence electrons. The lowest BCUT2D eigenvalue weighted by atomic mass is 10.1. The molecular formula is C30H30F4N6O7. The van der Waals surface area contributed by atoms with Gasteiger partial charge >= 0.3 is 12.1 Å². The van der Waals surface area contributed by atoms with E-state index >= 15 is 4.39 Å². The first-order valence-electron chi connectivity index (χ1n) is 14.8. The number of aromatic nitrogens is 4. The molecule has 3 heterocycles. The van der Waals surface area contributed by atoms with Crippen molar-refractivity contribution in [2.45, 2.75) is 31.7 Å². The molecule has 0 spiro atoms. The average molecular weight is 663 g/mol. The molecular weight excluding hydrogens is 632 g/mol. The minimum Gasteiger partial charge on any atom is -0.493 e. The summed E-state index contributed by atoms with van der Waals surface area (Å²) in [7, 11) is 1.50. The van der Waals surface area contributed by atoms with Gasteiger partial charge in [-0.1, -0.05) is 0 Å². The van der Waals surface area contributed by atoms with Gasteiger partial charge in [-0.2, -0.15) is 0 Å². The number of fused-ring (bicyclic) bond motifs is 1. The Hall–Kier alpha value is -4.90. The molecule has 4 aromatic rings. The van der Waals surface area contributed by atoms with Crippen molar-refractivity contribution < 1.29 is 46.1 Å². The van der Waals surface area contributed by atoms with Crippen LogP contribution in [0.15, 0.2) is 47.4 Å². The lowest BCUT2D eigenvalue weighted by Crippen LogP contribution is -2.37. The van der Waals surface area contributed by atoms with Gasteiger partial charge in [0.1, 0.15) is 5.75 Å². The van der Waals surface area contributed by atoms with E-state index in [1.165, 1.54) is 25.4 Å². The van der Waals surface area contributed by atoms with E-state index in [0.717, 1.165) is 49.9 Å². The van der Waals surface area contributed by atoms with Crippen molar-refractivity contribution in [2.24, 2.45) is 0 Å². The van der Waals surface area contributed by atoms with Crippen molar-refractivity contribution in [1.82, 2.24) is 24.4 Å². The second-order valence-corrected chi connectivity index (χ2v) is 10.8. The number of hydrogen-bond acceptors (Lipinski definition) is 10. The van der Waals surface area contributed by atoms with Gasteiger partial charge in [0, 0.05) is 55.1 Å². The Labute approximate surface area is 264 Å². The van der Waals surface area contributed by atoms with E-state index in [1.54, 1.807) is 18.2 Å². The number of rotatable bonds is 12. The molecule has 1 amide bonds. The minimum atomic E-state index is -5.20. The third-order valence-electron chi connectivity index (χ3n) is 7.47. The van der Waals surface area contributed by atoms with Gasteiger partial charge in [-0.25, -0.2) is 9.18 Å². The number of benzene rings is 2. The molecule has 6 rings (SSSR count). The third kappa shape index (κ3) is 7.57. The quantitative estimate of drug-likeness (QED) is 0.174. The van der Waals surface area contributed by atoms with Crippen molar-refractivity contribution >= 4 is 22.5 Å². The van der Waals surface area contributed by atoms with E-state index in [2.05, 4.69) is 25.1 Å². The fourth-order valence-electron chi connectivity index (χ4n) is 5.09. The topological polar surface area (TPSA) is 131 Å². The number of pyridine rings is 1. The van der Waals surface area contributed by atoms with Crippen LogP contribution in [0.2, 0.25) is 0 Å². The Bertz CT molecular complexity index is 1820. The summed E-state index contributed by atoms with van der Waals surface area (Å²) in [6, 6.07) is 8.00. The summed E-state index contributed by atoms with van der Waals surface area (Å²) < 4.78 is 77.0. The summed E-state index contributed by atoms with van der Waals surface area (Å²) in [5.74, 6) is -1.47. The normalized spacial score (nSPS) is 15.4. The molecule has 0 bridgehead atoms. The Balaban J connectivity index is 1.15. The van der Waals surface area contributed by atoms with Crippen molar-refractivity contribution in [3.63, 3.8) is 0 Å². The first-order chi connectivity index (χ1) is 22.6. The number of nitrogens with zero attached hydrogens (tertiary/aromatic N) is 5. The van der Waals surface area contributed by atoms with Crippen molar-refractivity contribution in [3.8, 4) is 23.0 Å². The molecule has 1 saturated carbocycles. The number of morpholine rings is 1. The van der Waals surface area contributed by atoms with Crippen LogP contribution in [0.4, 0.5) is 23.2 Å². The van der Waals surface area contributed by atoms with Crippen LogP contribution in [0.1, 0.15) is 35.9 Å². The molecule has 1 aliphatic carbocycles. The SMILES string of the molecule is COc1cc2c(Oc3ccc(NC(=O)c4nn(OC(F)(F)F)c(=O)n4C4CC4)cc3F)ccnc2cc1OCCCN1CCOCC1. The maximum Gasteiger partial charge on any atom is 0.593 e. The zero-order chi connectivity index (χ0) is 33.1. The lowest BCUT2D eigenvalue weighted by molar-refractivity contribution is -0.329. The monoisotopic (exact) mass is 662 g/mol. The molecule has 47 heavy (non-hydrogen) atoms. The smallest absolute Gasteiger partial charge is 0.493 e. The number of ether oxygens (including phenoxy) is 4. The maximum absolute atomic E-state index is 15.2. The van der Waals surface area contributed by atoms with E-state index in [-0.39, 0.29) is 22.0 Å². The summed E-state index contributed by atoms with van der Waals surface area (Å²) in [6.07, 6.45) is -1.96. The molecule has 17 heteroatoms. The summed E-state index contributed by atoms with van der Waals surface area (Å²) in [6.45, 7) is 4.58. The van der Waals surface area contributed by atoms with E-state index in [1.807, 2.05) is 0 Å². The van der Waals surface area contributed by atoms with Crippen LogP contribution in [-0.4, -0.2) is 83.2 Å². The van der Waals surface area contributed by atoms with Crippen molar-refractivity contribution in [2.75, 3.05) is 51.9 Å². The van der Waals surface area contributed by atoms with E-state index in [0.29, 0.717) is 41.9 Å². The van der Waals surface area contributed by atoms with Gasteiger partial charge < -0.3 is 24.3 Å². The van der Waals surface area contributed by atoms with E-state index < -0.39 is 35.6 Å². The molecule has 0 radical (unpaired) electrons. The standard InChI is InChI=1S/C30H30F4N6O7/c1-43-25-16-20-22(17-26(25)45-12-2-9-38-10-13-44-14-11-38)35-8-7-23(20)46-24-6-3-18(15-21(24)31)36-28(41)27-37-40(47-30(32,33)34)29(42)39(27)19-4-5-19/h3,6-8,15-17,19H,2,4-5,9-14H2,1H3,(H,36,41). The second kappa shape index (κ2) is 13.4. The lowest BCUT2D eigenvalue weighted by Gasteiger charge is -2.26. The van der Waals surface area contributed by atoms with Crippen LogP contribution in [0.3, 0.4) is 0 Å². The predicted molar refractivity (Wildman–Crippen MR) is 157 cm³/mol. The molecule has 2 aromatic carbocycles. The summed E-state index contributed by atoms with van der Waals surface area (Å²) >= 11 is 0. The zero-order valence-corrected chi connectivity index (χ0v) is 25.1. The predicted octanol–water partition coefficient (Wildman–Crippen LogP) is 4.17. The number of methoxy groups -OCH3 is 1. The number of nitrogens with one attached hydrogen (secondary N) is 1. The van der Waals surface area contributed by atoms with Crippen LogP contribution in [0.25, 0.3) is 10.9 Å². The Morgan fingerprint density at radius 1 is 1.06 bits per heavy atom. The molecule has 1 aliphatic heterocycles. The van der Waals surface area contributed by atoms with Crippen LogP contribution >= 0.6 is 0 Å². The average Bonchev–Trinajstić information content (AvgIpc) is 3.83. The van der Waals surface area contributed by atoms with Crippen LogP contribution in [0, 0.1) is 5.82 Å². The number of anilines is 1. The molecule has 2 aromatic heterocycles. The first-order valence-corrected chi connectivity index (χ1v) is 14.8. The molecule has 1 saturated heterocycles. The Kier molecular flexibility index (Phi) is 9.17. The highest BCUT2D eigenvalue weighted by Gasteiger charge is 2.38. The summed E-state index contributed by atoms with van der Waals surface area (Å²) in [5.41, 5.74) is -0.794. The maximum atomic E-state index is 15.2. The highest BCUT2D eigenvalue weighted by Crippen LogP contribution is 2.38. The van der Waals surface area contributed by atoms with E-state index in [9.17, 15) is 22.8 Å². The zero-order valence-electron chi connectivity index (χ0n) is 25.1. The molecule has 2 fully saturated rings. The number of alkyl halides is 3. The van der Waals surface area contributed by atoms with Gasteiger partial charge in [0.05, 0.1) is 32.4 Å². The fourth-order valence-corrected chi connectivity index (χ4v) is 5.09. The Morgan fingerprint density at radius 2 is 1.85 bits per heavy atom. The summed E-state index contributed by atoms with van der Waals surface area (Å²) in [5, 5.41) is 6.28. The molecule has 0 unspecified atom stereocenters.